The van der Waals surface area contributed by atoms with Crippen LogP contribution < -0.4 is 5.32 Å². The molecule has 0 atom stereocenters. The fourth-order valence-electron chi connectivity index (χ4n) is 2.65. The first-order chi connectivity index (χ1) is 8.67. The third-order valence-corrected chi connectivity index (χ3v) is 3.80. The maximum absolute atomic E-state index is 11.8. The molecule has 0 aromatic rings. The number of ether oxygens (including phenoxy) is 2. The van der Waals surface area contributed by atoms with Gasteiger partial charge in [0, 0.05) is 0 Å². The van der Waals surface area contributed by atoms with Gasteiger partial charge in [0.2, 0.25) is 0 Å². The minimum atomic E-state index is -1.04. The zero-order chi connectivity index (χ0) is 14.3. The van der Waals surface area contributed by atoms with Gasteiger partial charge in [0.1, 0.15) is 5.60 Å². The highest BCUT2D eigenvalue weighted by molar-refractivity contribution is 5.78. The molecular formula is C13H21NO5. The fraction of sp³-hybridized carbons (Fsp3) is 0.846. The van der Waals surface area contributed by atoms with Gasteiger partial charge < -0.3 is 19.9 Å². The molecule has 6 heteroatoms. The summed E-state index contributed by atoms with van der Waals surface area (Å²) in [5, 5.41) is 12.0. The van der Waals surface area contributed by atoms with E-state index < -0.39 is 28.8 Å². The maximum Gasteiger partial charge on any atom is 0.408 e. The Morgan fingerprint density at radius 2 is 1.79 bits per heavy atom. The predicted molar refractivity (Wildman–Crippen MR) is 66.9 cm³/mol. The van der Waals surface area contributed by atoms with E-state index in [4.69, 9.17) is 9.47 Å². The molecular weight excluding hydrogens is 250 g/mol. The van der Waals surface area contributed by atoms with E-state index in [2.05, 4.69) is 5.32 Å². The number of carboxylic acids is 1. The Bertz CT molecular complexity index is 374. The average molecular weight is 271 g/mol. The van der Waals surface area contributed by atoms with Gasteiger partial charge in [-0.2, -0.15) is 0 Å². The quantitative estimate of drug-likeness (QED) is 0.798. The van der Waals surface area contributed by atoms with Gasteiger partial charge in [-0.05, 0) is 46.5 Å². The fourth-order valence-corrected chi connectivity index (χ4v) is 2.65. The Morgan fingerprint density at radius 3 is 2.16 bits per heavy atom. The van der Waals surface area contributed by atoms with Gasteiger partial charge in [0.05, 0.1) is 12.1 Å². The van der Waals surface area contributed by atoms with Crippen LogP contribution in [0.3, 0.4) is 0 Å². The highest BCUT2D eigenvalue weighted by Crippen LogP contribution is 2.43. The average Bonchev–Trinajstić information content (AvgIpc) is 2.27. The Hall–Kier alpha value is -1.30. The summed E-state index contributed by atoms with van der Waals surface area (Å²) in [4.78, 5) is 23.0. The number of nitrogens with one attached hydrogen (secondary N) is 1. The summed E-state index contributed by atoms with van der Waals surface area (Å²) in [6.45, 7) is 5.65. The second-order valence-corrected chi connectivity index (χ2v) is 6.50. The maximum atomic E-state index is 11.8. The van der Waals surface area contributed by atoms with Crippen molar-refractivity contribution in [3.05, 3.63) is 0 Å². The summed E-state index contributed by atoms with van der Waals surface area (Å²) >= 11 is 0. The topological polar surface area (TPSA) is 84.9 Å². The van der Waals surface area contributed by atoms with Gasteiger partial charge in [-0.1, -0.05) is 0 Å². The number of aliphatic carboxylic acids is 1. The lowest BCUT2D eigenvalue weighted by molar-refractivity contribution is -0.196. The van der Waals surface area contributed by atoms with Crippen molar-refractivity contribution in [1.82, 2.24) is 5.32 Å². The molecule has 1 aliphatic carbocycles. The molecule has 108 valence electrons. The Labute approximate surface area is 112 Å². The van der Waals surface area contributed by atoms with Crippen LogP contribution in [0.25, 0.3) is 0 Å². The Kier molecular flexibility index (Phi) is 3.24. The van der Waals surface area contributed by atoms with Crippen molar-refractivity contribution in [3.8, 4) is 0 Å². The summed E-state index contributed by atoms with van der Waals surface area (Å²) in [7, 11) is 0. The van der Waals surface area contributed by atoms with E-state index in [1.165, 1.54) is 0 Å². The third-order valence-electron chi connectivity index (χ3n) is 3.80. The van der Waals surface area contributed by atoms with Crippen molar-refractivity contribution < 1.29 is 24.2 Å². The molecule has 0 spiro atoms. The number of carbonyl (C=O) groups excluding carboxylic acids is 1. The molecule has 3 fully saturated rings. The number of carbonyl (C=O) groups is 2. The van der Waals surface area contributed by atoms with Gasteiger partial charge in [-0.3, -0.25) is 0 Å². The van der Waals surface area contributed by atoms with Crippen molar-refractivity contribution >= 4 is 12.1 Å². The van der Waals surface area contributed by atoms with E-state index in [0.29, 0.717) is 25.7 Å². The summed E-state index contributed by atoms with van der Waals surface area (Å²) in [6, 6.07) is 0. The van der Waals surface area contributed by atoms with Crippen LogP contribution >= 0.6 is 0 Å². The van der Waals surface area contributed by atoms with Crippen LogP contribution in [0.1, 0.15) is 46.5 Å². The molecule has 19 heavy (non-hydrogen) atoms. The first kappa shape index (κ1) is 14.1. The predicted octanol–water partition coefficient (Wildman–Crippen LogP) is 1.68. The summed E-state index contributed by atoms with van der Waals surface area (Å²) in [5.74, 6) is -0.905. The largest absolute Gasteiger partial charge is 0.479 e. The molecule has 2 saturated heterocycles. The van der Waals surface area contributed by atoms with Crippen LogP contribution in [0, 0.1) is 0 Å². The van der Waals surface area contributed by atoms with E-state index in [1.54, 1.807) is 20.8 Å². The van der Waals surface area contributed by atoms with E-state index in [9.17, 15) is 14.7 Å². The molecule has 3 rings (SSSR count). The molecule has 2 heterocycles. The van der Waals surface area contributed by atoms with Crippen molar-refractivity contribution in [2.24, 2.45) is 0 Å². The summed E-state index contributed by atoms with van der Waals surface area (Å²) in [5.41, 5.74) is -2.06. The zero-order valence-electron chi connectivity index (χ0n) is 11.6. The van der Waals surface area contributed by atoms with Crippen LogP contribution in [0.2, 0.25) is 0 Å². The van der Waals surface area contributed by atoms with E-state index in [1.807, 2.05) is 0 Å². The molecule has 2 bridgehead atoms. The minimum absolute atomic E-state index is 0.235. The van der Waals surface area contributed by atoms with E-state index in [0.717, 1.165) is 0 Å². The van der Waals surface area contributed by atoms with Gasteiger partial charge in [-0.25, -0.2) is 9.59 Å². The lowest BCUT2D eigenvalue weighted by Crippen LogP contribution is -2.65. The number of fused-ring (bicyclic) bond motifs is 3. The van der Waals surface area contributed by atoms with Gasteiger partial charge >= 0.3 is 12.1 Å². The highest BCUT2D eigenvalue weighted by atomic mass is 16.6. The van der Waals surface area contributed by atoms with Gasteiger partial charge in [-0.15, -0.1) is 0 Å². The molecule has 1 saturated carbocycles. The van der Waals surface area contributed by atoms with Crippen molar-refractivity contribution in [2.45, 2.75) is 63.2 Å². The first-order valence-electron chi connectivity index (χ1n) is 6.55. The van der Waals surface area contributed by atoms with Crippen molar-refractivity contribution in [1.29, 1.82) is 0 Å². The summed E-state index contributed by atoms with van der Waals surface area (Å²) in [6.07, 6.45) is 1.61. The second-order valence-electron chi connectivity index (χ2n) is 6.50. The highest BCUT2D eigenvalue weighted by Gasteiger charge is 2.54. The number of rotatable bonds is 2. The van der Waals surface area contributed by atoms with Crippen LogP contribution in [-0.2, 0) is 14.3 Å². The lowest BCUT2D eigenvalue weighted by Gasteiger charge is -2.50. The van der Waals surface area contributed by atoms with Gasteiger partial charge in [0.25, 0.3) is 0 Å². The van der Waals surface area contributed by atoms with Crippen LogP contribution in [-0.4, -0.2) is 40.5 Å². The van der Waals surface area contributed by atoms with Crippen LogP contribution in [0.15, 0.2) is 0 Å². The number of carboxylic acid groups (broad SMARTS) is 1. The van der Waals surface area contributed by atoms with Crippen LogP contribution in [0.5, 0.6) is 0 Å². The van der Waals surface area contributed by atoms with E-state index >= 15 is 0 Å². The van der Waals surface area contributed by atoms with Crippen LogP contribution in [0.4, 0.5) is 4.79 Å². The number of amides is 1. The van der Waals surface area contributed by atoms with Crippen molar-refractivity contribution in [2.75, 3.05) is 6.61 Å². The number of hydrogen-bond donors (Lipinski definition) is 2. The Morgan fingerprint density at radius 1 is 1.21 bits per heavy atom. The molecule has 0 unspecified atom stereocenters. The standard InChI is InChI=1S/C13H21NO5/c1-11(2,3)19-10(17)14-12-4-6-13(7-5-12,9(15)16)18-8-12/h4-8H2,1-3H3,(H,14,17)(H,15,16). The SMILES string of the molecule is CC(C)(C)OC(=O)NC12CCC(C(=O)O)(CC1)OC2. The second kappa shape index (κ2) is 4.37. The third kappa shape index (κ3) is 2.83. The monoisotopic (exact) mass is 271 g/mol. The Balaban J connectivity index is 1.97. The normalized spacial score (nSPS) is 33.8. The van der Waals surface area contributed by atoms with Gasteiger partial charge in [0.15, 0.2) is 5.60 Å². The molecule has 0 aromatic heterocycles. The molecule has 1 amide bonds. The zero-order valence-corrected chi connectivity index (χ0v) is 11.6. The minimum Gasteiger partial charge on any atom is -0.479 e. The molecule has 3 aliphatic rings. The number of alkyl carbamates (subject to hydrolysis) is 1. The molecule has 6 nitrogen and oxygen atoms in total. The molecule has 2 aliphatic heterocycles. The first-order valence-corrected chi connectivity index (χ1v) is 6.55. The summed E-state index contributed by atoms with van der Waals surface area (Å²) < 4.78 is 10.7. The molecule has 0 aromatic carbocycles. The smallest absolute Gasteiger partial charge is 0.408 e. The lowest BCUT2D eigenvalue weighted by atomic mass is 9.71. The number of hydrogen-bond acceptors (Lipinski definition) is 4. The van der Waals surface area contributed by atoms with E-state index in [-0.39, 0.29) is 6.61 Å². The molecule has 2 N–H and O–H groups in total. The molecule has 0 radical (unpaired) electrons. The van der Waals surface area contributed by atoms with Crippen molar-refractivity contribution in [3.63, 3.8) is 0 Å².